The Labute approximate surface area is 122 Å². The van der Waals surface area contributed by atoms with E-state index >= 15 is 0 Å². The summed E-state index contributed by atoms with van der Waals surface area (Å²) < 4.78 is 0. The zero-order valence-corrected chi connectivity index (χ0v) is 11.9. The van der Waals surface area contributed by atoms with Gasteiger partial charge in [0, 0.05) is 12.5 Å². The summed E-state index contributed by atoms with van der Waals surface area (Å²) in [6, 6.07) is 4.84. The Balaban J connectivity index is 2.57. The largest absolute Gasteiger partial charge is 0.476 e. The summed E-state index contributed by atoms with van der Waals surface area (Å²) in [7, 11) is 0. The van der Waals surface area contributed by atoms with Gasteiger partial charge in [-0.1, -0.05) is 29.3 Å². The highest BCUT2D eigenvalue weighted by molar-refractivity contribution is 7.17. The van der Waals surface area contributed by atoms with Crippen molar-refractivity contribution in [3.05, 3.63) is 38.8 Å². The fourth-order valence-corrected chi connectivity index (χ4v) is 2.70. The van der Waals surface area contributed by atoms with Crippen LogP contribution in [0.5, 0.6) is 0 Å². The van der Waals surface area contributed by atoms with E-state index in [1.54, 1.807) is 18.2 Å². The fraction of sp³-hybridized carbons (Fsp3) is 0.0833. The predicted octanol–water partition coefficient (Wildman–Crippen LogP) is 4.02. The number of carbonyl (C=O) groups is 2. The number of aromatic carboxylic acids is 1. The highest BCUT2D eigenvalue weighted by Gasteiger charge is 2.21. The van der Waals surface area contributed by atoms with E-state index < -0.39 is 5.97 Å². The first kappa shape index (κ1) is 14.0. The minimum absolute atomic E-state index is 0.119. The quantitative estimate of drug-likeness (QED) is 0.869. The molecule has 1 aromatic carbocycles. The average molecular weight is 316 g/mol. The number of benzene rings is 1. The van der Waals surface area contributed by atoms with Crippen LogP contribution in [-0.4, -0.2) is 21.8 Å². The Morgan fingerprint density at radius 2 is 1.95 bits per heavy atom. The lowest BCUT2D eigenvalue weighted by Gasteiger charge is -1.98. The molecule has 0 atom stereocenters. The molecular weight excluding hydrogens is 309 g/mol. The molecule has 98 valence electrons. The first-order valence-electron chi connectivity index (χ1n) is 5.10. The Morgan fingerprint density at radius 3 is 2.42 bits per heavy atom. The van der Waals surface area contributed by atoms with Crippen LogP contribution in [0.3, 0.4) is 0 Å². The second kappa shape index (κ2) is 5.28. The monoisotopic (exact) mass is 315 g/mol. The minimum atomic E-state index is -1.23. The molecule has 0 aliphatic rings. The van der Waals surface area contributed by atoms with E-state index in [-0.39, 0.29) is 16.4 Å². The molecule has 0 saturated carbocycles. The predicted molar refractivity (Wildman–Crippen MR) is 74.5 cm³/mol. The van der Waals surface area contributed by atoms with Gasteiger partial charge in [0.15, 0.2) is 11.5 Å². The van der Waals surface area contributed by atoms with Crippen molar-refractivity contribution in [3.63, 3.8) is 0 Å². The maximum Gasteiger partial charge on any atom is 0.356 e. The normalized spacial score (nSPS) is 10.5. The van der Waals surface area contributed by atoms with Crippen LogP contribution in [0.1, 0.15) is 27.1 Å². The molecule has 1 heterocycles. The Morgan fingerprint density at radius 1 is 1.26 bits per heavy atom. The molecule has 7 heteroatoms. The highest BCUT2D eigenvalue weighted by atomic mass is 35.5. The van der Waals surface area contributed by atoms with Gasteiger partial charge >= 0.3 is 5.97 Å². The lowest BCUT2D eigenvalue weighted by Crippen LogP contribution is -2.03. The van der Waals surface area contributed by atoms with Crippen LogP contribution in [0.2, 0.25) is 10.0 Å². The van der Waals surface area contributed by atoms with Crippen LogP contribution in [0.25, 0.3) is 10.6 Å². The number of thiazole rings is 1. The van der Waals surface area contributed by atoms with Crippen molar-refractivity contribution in [1.29, 1.82) is 0 Å². The molecule has 0 fully saturated rings. The third-order valence-corrected chi connectivity index (χ3v) is 4.26. The molecule has 1 aromatic heterocycles. The summed E-state index contributed by atoms with van der Waals surface area (Å²) in [6.07, 6.45) is 0. The fourth-order valence-electron chi connectivity index (χ4n) is 1.46. The Kier molecular flexibility index (Phi) is 3.89. The summed E-state index contributed by atoms with van der Waals surface area (Å²) in [5.41, 5.74) is 0.382. The molecule has 0 spiro atoms. The number of aromatic nitrogens is 1. The smallest absolute Gasteiger partial charge is 0.356 e. The summed E-state index contributed by atoms with van der Waals surface area (Å²) in [4.78, 5) is 26.5. The highest BCUT2D eigenvalue weighted by Crippen LogP contribution is 2.32. The van der Waals surface area contributed by atoms with Crippen molar-refractivity contribution in [3.8, 4) is 10.6 Å². The molecule has 0 aliphatic carbocycles. The molecular formula is C12H7Cl2NO3S. The molecule has 0 bridgehead atoms. The molecule has 2 rings (SSSR count). The topological polar surface area (TPSA) is 67.3 Å². The standard InChI is InChI=1S/C12H7Cl2NO3S/c1-5(16)10-9(12(17)18)15-11(19-10)6-2-3-7(13)8(14)4-6/h2-4H,1H3,(H,17,18). The molecule has 4 nitrogen and oxygen atoms in total. The van der Waals surface area contributed by atoms with Gasteiger partial charge in [-0.05, 0) is 12.1 Å². The van der Waals surface area contributed by atoms with Crippen molar-refractivity contribution >= 4 is 46.3 Å². The molecule has 0 amide bonds. The van der Waals surface area contributed by atoms with Gasteiger partial charge in [-0.3, -0.25) is 4.79 Å². The number of carboxylic acid groups (broad SMARTS) is 1. The Bertz CT molecular complexity index is 650. The van der Waals surface area contributed by atoms with Gasteiger partial charge in [0.2, 0.25) is 0 Å². The van der Waals surface area contributed by atoms with Crippen molar-refractivity contribution in [1.82, 2.24) is 4.98 Å². The number of carbonyl (C=O) groups excluding carboxylic acids is 1. The van der Waals surface area contributed by atoms with Crippen molar-refractivity contribution in [2.24, 2.45) is 0 Å². The zero-order valence-electron chi connectivity index (χ0n) is 9.61. The van der Waals surface area contributed by atoms with Crippen molar-refractivity contribution < 1.29 is 14.7 Å². The van der Waals surface area contributed by atoms with E-state index in [4.69, 9.17) is 28.3 Å². The van der Waals surface area contributed by atoms with Crippen LogP contribution in [0.4, 0.5) is 0 Å². The molecule has 0 aliphatic heterocycles. The van der Waals surface area contributed by atoms with Gasteiger partial charge < -0.3 is 5.11 Å². The average Bonchev–Trinajstić information content (AvgIpc) is 2.78. The van der Waals surface area contributed by atoms with Crippen LogP contribution in [0, 0.1) is 0 Å². The first-order chi connectivity index (χ1) is 8.90. The molecule has 19 heavy (non-hydrogen) atoms. The number of hydrogen-bond acceptors (Lipinski definition) is 4. The number of halogens is 2. The summed E-state index contributed by atoms with van der Waals surface area (Å²) in [5.74, 6) is -1.56. The number of nitrogens with zero attached hydrogens (tertiary/aromatic N) is 1. The maximum absolute atomic E-state index is 11.4. The first-order valence-corrected chi connectivity index (χ1v) is 6.68. The van der Waals surface area contributed by atoms with Gasteiger partial charge in [-0.2, -0.15) is 0 Å². The third-order valence-electron chi connectivity index (χ3n) is 2.32. The number of ketones is 1. The third kappa shape index (κ3) is 2.78. The molecule has 0 radical (unpaired) electrons. The number of hydrogen-bond donors (Lipinski definition) is 1. The van der Waals surface area contributed by atoms with Crippen LogP contribution < -0.4 is 0 Å². The van der Waals surface area contributed by atoms with E-state index in [9.17, 15) is 9.59 Å². The van der Waals surface area contributed by atoms with Crippen molar-refractivity contribution in [2.45, 2.75) is 6.92 Å². The molecule has 0 saturated heterocycles. The molecule has 1 N–H and O–H groups in total. The molecule has 0 unspecified atom stereocenters. The Hall–Kier alpha value is -1.43. The number of Topliss-reactive ketones (excluding diaryl/α,β-unsaturated/α-hetero) is 1. The number of rotatable bonds is 3. The van der Waals surface area contributed by atoms with Crippen LogP contribution in [-0.2, 0) is 0 Å². The van der Waals surface area contributed by atoms with E-state index in [1.807, 2.05) is 0 Å². The summed E-state index contributed by atoms with van der Waals surface area (Å²) in [5, 5.41) is 10.2. The van der Waals surface area contributed by atoms with Gasteiger partial charge in [0.05, 0.1) is 10.0 Å². The van der Waals surface area contributed by atoms with E-state index in [0.29, 0.717) is 20.6 Å². The SMILES string of the molecule is CC(=O)c1sc(-c2ccc(Cl)c(Cl)c2)nc1C(=O)O. The van der Waals surface area contributed by atoms with E-state index in [2.05, 4.69) is 4.98 Å². The van der Waals surface area contributed by atoms with Gasteiger partial charge in [0.25, 0.3) is 0 Å². The minimum Gasteiger partial charge on any atom is -0.476 e. The lowest BCUT2D eigenvalue weighted by molar-refractivity contribution is 0.0687. The van der Waals surface area contributed by atoms with Crippen molar-refractivity contribution in [2.75, 3.05) is 0 Å². The second-order valence-corrected chi connectivity index (χ2v) is 5.50. The summed E-state index contributed by atoms with van der Waals surface area (Å²) >= 11 is 12.7. The van der Waals surface area contributed by atoms with Crippen LogP contribution >= 0.6 is 34.5 Å². The zero-order chi connectivity index (χ0) is 14.2. The molecule has 2 aromatic rings. The van der Waals surface area contributed by atoms with Gasteiger partial charge in [-0.15, -0.1) is 11.3 Å². The van der Waals surface area contributed by atoms with E-state index in [0.717, 1.165) is 11.3 Å². The maximum atomic E-state index is 11.4. The number of carboxylic acids is 1. The van der Waals surface area contributed by atoms with Gasteiger partial charge in [0.1, 0.15) is 9.88 Å². The van der Waals surface area contributed by atoms with E-state index in [1.165, 1.54) is 6.92 Å². The van der Waals surface area contributed by atoms with Crippen LogP contribution in [0.15, 0.2) is 18.2 Å². The second-order valence-electron chi connectivity index (χ2n) is 3.69. The van der Waals surface area contributed by atoms with Gasteiger partial charge in [-0.25, -0.2) is 9.78 Å². The lowest BCUT2D eigenvalue weighted by atomic mass is 10.2. The summed E-state index contributed by atoms with van der Waals surface area (Å²) in [6.45, 7) is 1.30.